The molecule has 0 fully saturated rings. The van der Waals surface area contributed by atoms with Gasteiger partial charge in [0, 0.05) is 18.7 Å². The summed E-state index contributed by atoms with van der Waals surface area (Å²) in [6, 6.07) is 16.1. The van der Waals surface area contributed by atoms with Crippen LogP contribution in [0.25, 0.3) is 22.4 Å². The third-order valence-corrected chi connectivity index (χ3v) is 3.70. The van der Waals surface area contributed by atoms with Crippen LogP contribution in [0.2, 0.25) is 0 Å². The van der Waals surface area contributed by atoms with Crippen LogP contribution < -0.4 is 10.5 Å². The van der Waals surface area contributed by atoms with Crippen LogP contribution in [0.4, 0.5) is 0 Å². The van der Waals surface area contributed by atoms with Gasteiger partial charge in [0.05, 0.1) is 31.4 Å². The van der Waals surface area contributed by atoms with Crippen LogP contribution in [0.15, 0.2) is 48.5 Å². The maximum Gasteiger partial charge on any atom is 0.141 e. The first-order valence-corrected chi connectivity index (χ1v) is 7.71. The maximum atomic E-state index is 5.54. The Morgan fingerprint density at radius 1 is 1.09 bits per heavy atom. The summed E-state index contributed by atoms with van der Waals surface area (Å²) in [6.45, 7) is 2.44. The largest absolute Gasteiger partial charge is 0.497 e. The van der Waals surface area contributed by atoms with Crippen LogP contribution in [0.3, 0.4) is 0 Å². The van der Waals surface area contributed by atoms with E-state index in [0.29, 0.717) is 19.8 Å². The van der Waals surface area contributed by atoms with Gasteiger partial charge in [-0.25, -0.2) is 4.98 Å². The van der Waals surface area contributed by atoms with Crippen LogP contribution in [0.1, 0.15) is 0 Å². The molecule has 0 unspecified atom stereocenters. The van der Waals surface area contributed by atoms with E-state index >= 15 is 0 Å². The molecule has 2 N–H and O–H groups in total. The smallest absolute Gasteiger partial charge is 0.141 e. The van der Waals surface area contributed by atoms with E-state index in [1.807, 2.05) is 42.5 Å². The molecule has 1 aromatic heterocycles. The molecule has 2 aromatic carbocycles. The minimum atomic E-state index is 0.535. The highest BCUT2D eigenvalue weighted by molar-refractivity contribution is 5.80. The van der Waals surface area contributed by atoms with Crippen molar-refractivity contribution in [2.75, 3.05) is 26.9 Å². The predicted octanol–water partition coefficient (Wildman–Crippen LogP) is 2.69. The Labute approximate surface area is 135 Å². The summed E-state index contributed by atoms with van der Waals surface area (Å²) in [6.07, 6.45) is 0. The number of ether oxygens (including phenoxy) is 2. The molecule has 0 bridgehead atoms. The standard InChI is InChI=1S/C18H21N3O2/c1-22-15-6-4-5-14(13-15)18-20-16-7-2-3-8-17(16)21(18)10-12-23-11-9-19/h2-8,13H,9-12,19H2,1H3. The predicted molar refractivity (Wildman–Crippen MR) is 91.6 cm³/mol. The molecule has 120 valence electrons. The van der Waals surface area contributed by atoms with Crippen molar-refractivity contribution in [1.29, 1.82) is 0 Å². The lowest BCUT2D eigenvalue weighted by molar-refractivity contribution is 0.134. The van der Waals surface area contributed by atoms with Crippen molar-refractivity contribution >= 4 is 11.0 Å². The quantitative estimate of drug-likeness (QED) is 0.681. The average Bonchev–Trinajstić information content (AvgIpc) is 2.97. The van der Waals surface area contributed by atoms with E-state index in [1.54, 1.807) is 7.11 Å². The fraction of sp³-hybridized carbons (Fsp3) is 0.278. The summed E-state index contributed by atoms with van der Waals surface area (Å²) in [5.74, 6) is 1.74. The lowest BCUT2D eigenvalue weighted by Crippen LogP contribution is -2.13. The summed E-state index contributed by atoms with van der Waals surface area (Å²) < 4.78 is 13.1. The van der Waals surface area contributed by atoms with Gasteiger partial charge in [0.1, 0.15) is 11.6 Å². The summed E-state index contributed by atoms with van der Waals surface area (Å²) in [5, 5.41) is 0. The maximum absolute atomic E-state index is 5.54. The third kappa shape index (κ3) is 3.36. The Bertz CT molecular complexity index is 783. The van der Waals surface area contributed by atoms with Crippen LogP contribution >= 0.6 is 0 Å². The number of imidazole rings is 1. The van der Waals surface area contributed by atoms with Gasteiger partial charge in [-0.15, -0.1) is 0 Å². The molecular weight excluding hydrogens is 290 g/mol. The van der Waals surface area contributed by atoms with E-state index in [-0.39, 0.29) is 0 Å². The number of rotatable bonds is 7. The summed E-state index contributed by atoms with van der Waals surface area (Å²) in [4.78, 5) is 4.78. The molecule has 0 saturated heterocycles. The van der Waals surface area contributed by atoms with Crippen molar-refractivity contribution in [1.82, 2.24) is 9.55 Å². The van der Waals surface area contributed by atoms with Crippen molar-refractivity contribution in [2.24, 2.45) is 5.73 Å². The minimum absolute atomic E-state index is 0.535. The first kappa shape index (κ1) is 15.5. The van der Waals surface area contributed by atoms with Crippen LogP contribution in [-0.2, 0) is 11.3 Å². The minimum Gasteiger partial charge on any atom is -0.497 e. The van der Waals surface area contributed by atoms with Crippen LogP contribution in [0, 0.1) is 0 Å². The van der Waals surface area contributed by atoms with Crippen molar-refractivity contribution in [3.8, 4) is 17.1 Å². The van der Waals surface area contributed by atoms with Crippen LogP contribution in [0.5, 0.6) is 5.75 Å². The summed E-state index contributed by atoms with van der Waals surface area (Å²) >= 11 is 0. The van der Waals surface area contributed by atoms with Crippen molar-refractivity contribution in [3.05, 3.63) is 48.5 Å². The molecule has 23 heavy (non-hydrogen) atoms. The highest BCUT2D eigenvalue weighted by Gasteiger charge is 2.12. The molecule has 0 amide bonds. The Morgan fingerprint density at radius 2 is 1.96 bits per heavy atom. The normalized spacial score (nSPS) is 11.0. The molecule has 0 aliphatic carbocycles. The third-order valence-electron chi connectivity index (χ3n) is 3.70. The number of hydrogen-bond donors (Lipinski definition) is 1. The Balaban J connectivity index is 2.00. The topological polar surface area (TPSA) is 62.3 Å². The van der Waals surface area contributed by atoms with Gasteiger partial charge in [0.2, 0.25) is 0 Å². The van der Waals surface area contributed by atoms with E-state index in [1.165, 1.54) is 0 Å². The van der Waals surface area contributed by atoms with Crippen LogP contribution in [-0.4, -0.2) is 36.4 Å². The number of nitrogens with two attached hydrogens (primary N) is 1. The lowest BCUT2D eigenvalue weighted by Gasteiger charge is -2.10. The Kier molecular flexibility index (Phi) is 4.90. The first-order chi connectivity index (χ1) is 11.3. The fourth-order valence-corrected chi connectivity index (χ4v) is 2.63. The van der Waals surface area contributed by atoms with Gasteiger partial charge in [-0.1, -0.05) is 24.3 Å². The number of benzene rings is 2. The number of nitrogens with zero attached hydrogens (tertiary/aromatic N) is 2. The molecule has 5 nitrogen and oxygen atoms in total. The summed E-state index contributed by atoms with van der Waals surface area (Å²) in [7, 11) is 1.67. The highest BCUT2D eigenvalue weighted by atomic mass is 16.5. The molecule has 0 aliphatic rings. The molecule has 0 spiro atoms. The molecular formula is C18H21N3O2. The molecule has 0 atom stereocenters. The second-order valence-corrected chi connectivity index (χ2v) is 5.21. The molecule has 5 heteroatoms. The lowest BCUT2D eigenvalue weighted by atomic mass is 10.2. The number of para-hydroxylation sites is 2. The molecule has 3 rings (SSSR count). The highest BCUT2D eigenvalue weighted by Crippen LogP contribution is 2.27. The van der Waals surface area contributed by atoms with Gasteiger partial charge in [-0.3, -0.25) is 0 Å². The van der Waals surface area contributed by atoms with Gasteiger partial charge < -0.3 is 19.8 Å². The molecule has 0 radical (unpaired) electrons. The average molecular weight is 311 g/mol. The number of hydrogen-bond acceptors (Lipinski definition) is 4. The second kappa shape index (κ2) is 7.26. The number of methoxy groups -OCH3 is 1. The zero-order valence-electron chi connectivity index (χ0n) is 13.2. The Morgan fingerprint density at radius 3 is 2.78 bits per heavy atom. The van der Waals surface area contributed by atoms with Gasteiger partial charge in [0.25, 0.3) is 0 Å². The fourth-order valence-electron chi connectivity index (χ4n) is 2.63. The van der Waals surface area contributed by atoms with Gasteiger partial charge in [0.15, 0.2) is 0 Å². The SMILES string of the molecule is COc1cccc(-c2nc3ccccc3n2CCOCCN)c1. The monoisotopic (exact) mass is 311 g/mol. The zero-order chi connectivity index (χ0) is 16.1. The number of aromatic nitrogens is 2. The van der Waals surface area contributed by atoms with Gasteiger partial charge in [-0.05, 0) is 24.3 Å². The van der Waals surface area contributed by atoms with E-state index in [9.17, 15) is 0 Å². The van der Waals surface area contributed by atoms with E-state index in [0.717, 1.165) is 34.7 Å². The Hall–Kier alpha value is -2.37. The van der Waals surface area contributed by atoms with Crippen molar-refractivity contribution < 1.29 is 9.47 Å². The van der Waals surface area contributed by atoms with Gasteiger partial charge >= 0.3 is 0 Å². The van der Waals surface area contributed by atoms with Crippen molar-refractivity contribution in [2.45, 2.75) is 6.54 Å². The van der Waals surface area contributed by atoms with Crippen molar-refractivity contribution in [3.63, 3.8) is 0 Å². The molecule has 3 aromatic rings. The first-order valence-electron chi connectivity index (χ1n) is 7.71. The molecule has 0 aliphatic heterocycles. The molecule has 0 saturated carbocycles. The molecule has 1 heterocycles. The zero-order valence-corrected chi connectivity index (χ0v) is 13.2. The van der Waals surface area contributed by atoms with Gasteiger partial charge in [-0.2, -0.15) is 0 Å². The van der Waals surface area contributed by atoms with E-state index in [2.05, 4.69) is 10.6 Å². The second-order valence-electron chi connectivity index (χ2n) is 5.21. The van der Waals surface area contributed by atoms with E-state index < -0.39 is 0 Å². The number of fused-ring (bicyclic) bond motifs is 1. The summed E-state index contributed by atoms with van der Waals surface area (Å²) in [5.41, 5.74) is 8.58. The van der Waals surface area contributed by atoms with E-state index in [4.69, 9.17) is 20.2 Å².